The molecule has 0 aromatic carbocycles. The molecule has 0 atom stereocenters. The Bertz CT molecular complexity index is 623. The van der Waals surface area contributed by atoms with Crippen LogP contribution in [0.3, 0.4) is 0 Å². The summed E-state index contributed by atoms with van der Waals surface area (Å²) in [6, 6.07) is 3.13. The standard InChI is InChI=1S/C14H21N3O2S2/c1-10-5-7-11(8-6-10)17(2)21(18,19)12-4-3-9-16-13(12)14(15)20/h3-4,9-11H,5-8H2,1-2H3,(H2,15,20). The summed E-state index contributed by atoms with van der Waals surface area (Å²) in [4.78, 5) is 4.11. The predicted octanol–water partition coefficient (Wildman–Crippen LogP) is 1.92. The highest BCUT2D eigenvalue weighted by molar-refractivity contribution is 7.89. The van der Waals surface area contributed by atoms with E-state index in [1.807, 2.05) is 0 Å². The van der Waals surface area contributed by atoms with E-state index in [1.54, 1.807) is 13.1 Å². The molecule has 0 radical (unpaired) electrons. The van der Waals surface area contributed by atoms with Crippen molar-refractivity contribution in [2.45, 2.75) is 43.5 Å². The SMILES string of the molecule is CC1CCC(N(C)S(=O)(=O)c2cccnc2C(N)=S)CC1. The molecule has 21 heavy (non-hydrogen) atoms. The van der Waals surface area contributed by atoms with Crippen LogP contribution in [-0.2, 0) is 10.0 Å². The van der Waals surface area contributed by atoms with Crippen LogP contribution in [0.1, 0.15) is 38.3 Å². The van der Waals surface area contributed by atoms with Crippen molar-refractivity contribution in [3.8, 4) is 0 Å². The maximum Gasteiger partial charge on any atom is 0.245 e. The summed E-state index contributed by atoms with van der Waals surface area (Å²) in [5.41, 5.74) is 5.76. The molecule has 0 amide bonds. The molecule has 0 spiro atoms. The van der Waals surface area contributed by atoms with Gasteiger partial charge < -0.3 is 5.73 Å². The molecule has 7 heteroatoms. The number of nitrogens with two attached hydrogens (primary N) is 1. The second-order valence-electron chi connectivity index (χ2n) is 5.65. The molecule has 1 aliphatic rings. The van der Waals surface area contributed by atoms with Gasteiger partial charge in [0.1, 0.15) is 15.6 Å². The summed E-state index contributed by atoms with van der Waals surface area (Å²) in [7, 11) is -2.00. The molecule has 1 heterocycles. The minimum absolute atomic E-state index is 0.000147. The topological polar surface area (TPSA) is 76.3 Å². The molecule has 1 fully saturated rings. The number of thiocarbonyl (C=S) groups is 1. The Morgan fingerprint density at radius 2 is 2.00 bits per heavy atom. The van der Waals surface area contributed by atoms with E-state index < -0.39 is 10.0 Å². The first-order valence-electron chi connectivity index (χ1n) is 7.07. The first-order chi connectivity index (χ1) is 9.84. The lowest BCUT2D eigenvalue weighted by molar-refractivity contribution is 0.246. The highest BCUT2D eigenvalue weighted by atomic mass is 32.2. The minimum atomic E-state index is -3.63. The molecule has 2 N–H and O–H groups in total. The molecule has 116 valence electrons. The normalized spacial score (nSPS) is 23.2. The lowest BCUT2D eigenvalue weighted by Gasteiger charge is -2.33. The fraction of sp³-hybridized carbons (Fsp3) is 0.571. The van der Waals surface area contributed by atoms with Gasteiger partial charge in [0.25, 0.3) is 0 Å². The van der Waals surface area contributed by atoms with Gasteiger partial charge in [0.05, 0.1) is 0 Å². The molecule has 0 saturated heterocycles. The maximum absolute atomic E-state index is 12.8. The molecular formula is C14H21N3O2S2. The van der Waals surface area contributed by atoms with Crippen molar-refractivity contribution >= 4 is 27.2 Å². The highest BCUT2D eigenvalue weighted by Gasteiger charge is 2.32. The average Bonchev–Trinajstić information content (AvgIpc) is 2.47. The van der Waals surface area contributed by atoms with E-state index >= 15 is 0 Å². The molecule has 1 aromatic heterocycles. The summed E-state index contributed by atoms with van der Waals surface area (Å²) in [6.07, 6.45) is 5.38. The second-order valence-corrected chi connectivity index (χ2v) is 8.06. The Kier molecular flexibility index (Phi) is 4.95. The summed E-state index contributed by atoms with van der Waals surface area (Å²) >= 11 is 4.91. The fourth-order valence-corrected chi connectivity index (χ4v) is 4.54. The van der Waals surface area contributed by atoms with Crippen LogP contribution in [0.5, 0.6) is 0 Å². The lowest BCUT2D eigenvalue weighted by atomic mass is 9.87. The van der Waals surface area contributed by atoms with Gasteiger partial charge in [0, 0.05) is 19.3 Å². The van der Waals surface area contributed by atoms with Gasteiger partial charge in [0.2, 0.25) is 10.0 Å². The zero-order valence-corrected chi connectivity index (χ0v) is 14.0. The molecule has 1 saturated carbocycles. The van der Waals surface area contributed by atoms with Gasteiger partial charge in [-0.1, -0.05) is 19.1 Å². The van der Waals surface area contributed by atoms with Crippen LogP contribution in [0.25, 0.3) is 0 Å². The van der Waals surface area contributed by atoms with Crippen LogP contribution < -0.4 is 5.73 Å². The van der Waals surface area contributed by atoms with Crippen molar-refractivity contribution in [3.05, 3.63) is 24.0 Å². The maximum atomic E-state index is 12.8. The van der Waals surface area contributed by atoms with Crippen molar-refractivity contribution in [1.29, 1.82) is 0 Å². The minimum Gasteiger partial charge on any atom is -0.388 e. The van der Waals surface area contributed by atoms with Crippen molar-refractivity contribution < 1.29 is 8.42 Å². The van der Waals surface area contributed by atoms with Crippen LogP contribution in [0.15, 0.2) is 23.2 Å². The number of hydrogen-bond donors (Lipinski definition) is 1. The molecule has 1 aromatic rings. The molecule has 0 unspecified atom stereocenters. The largest absolute Gasteiger partial charge is 0.388 e. The third-order valence-electron chi connectivity index (χ3n) is 4.16. The van der Waals surface area contributed by atoms with Gasteiger partial charge in [-0.3, -0.25) is 4.98 Å². The number of rotatable bonds is 4. The third kappa shape index (κ3) is 3.41. The summed E-state index contributed by atoms with van der Waals surface area (Å²) < 4.78 is 27.1. The smallest absolute Gasteiger partial charge is 0.245 e. The third-order valence-corrected chi connectivity index (χ3v) is 6.30. The first-order valence-corrected chi connectivity index (χ1v) is 8.91. The van der Waals surface area contributed by atoms with Crippen LogP contribution in [0.2, 0.25) is 0 Å². The molecule has 0 aliphatic heterocycles. The second kappa shape index (κ2) is 6.37. The van der Waals surface area contributed by atoms with Gasteiger partial charge >= 0.3 is 0 Å². The van der Waals surface area contributed by atoms with E-state index in [0.717, 1.165) is 25.7 Å². The van der Waals surface area contributed by atoms with E-state index in [0.29, 0.717) is 5.92 Å². The van der Waals surface area contributed by atoms with Crippen molar-refractivity contribution in [2.24, 2.45) is 11.7 Å². The molecular weight excluding hydrogens is 306 g/mol. The molecule has 5 nitrogen and oxygen atoms in total. The Balaban J connectivity index is 2.32. The first kappa shape index (κ1) is 16.3. The van der Waals surface area contributed by atoms with Gasteiger partial charge in [0.15, 0.2) is 0 Å². The number of nitrogens with zero attached hydrogens (tertiary/aromatic N) is 2. The van der Waals surface area contributed by atoms with E-state index in [1.165, 1.54) is 16.6 Å². The van der Waals surface area contributed by atoms with Gasteiger partial charge in [-0.2, -0.15) is 4.31 Å². The number of sulfonamides is 1. The predicted molar refractivity (Wildman–Crippen MR) is 86.5 cm³/mol. The summed E-state index contributed by atoms with van der Waals surface area (Å²) in [5, 5.41) is 0. The molecule has 2 rings (SSSR count). The zero-order valence-electron chi connectivity index (χ0n) is 12.3. The van der Waals surface area contributed by atoms with Crippen LogP contribution >= 0.6 is 12.2 Å². The zero-order chi connectivity index (χ0) is 15.6. The van der Waals surface area contributed by atoms with Crippen LogP contribution in [0, 0.1) is 5.92 Å². The molecule has 1 aliphatic carbocycles. The fourth-order valence-electron chi connectivity index (χ4n) is 2.74. The van der Waals surface area contributed by atoms with Crippen LogP contribution in [-0.4, -0.2) is 35.8 Å². The van der Waals surface area contributed by atoms with Gasteiger partial charge in [-0.15, -0.1) is 0 Å². The Hall–Kier alpha value is -1.05. The van der Waals surface area contributed by atoms with Crippen molar-refractivity contribution in [2.75, 3.05) is 7.05 Å². The highest BCUT2D eigenvalue weighted by Crippen LogP contribution is 2.30. The molecule has 0 bridgehead atoms. The van der Waals surface area contributed by atoms with E-state index in [-0.39, 0.29) is 21.6 Å². The van der Waals surface area contributed by atoms with Crippen molar-refractivity contribution in [3.63, 3.8) is 0 Å². The summed E-state index contributed by atoms with van der Waals surface area (Å²) in [5.74, 6) is 0.669. The number of hydrogen-bond acceptors (Lipinski definition) is 4. The Labute approximate surface area is 131 Å². The Morgan fingerprint density at radius 1 is 1.38 bits per heavy atom. The lowest BCUT2D eigenvalue weighted by Crippen LogP contribution is -2.40. The quantitative estimate of drug-likeness (QED) is 0.855. The average molecular weight is 327 g/mol. The number of aromatic nitrogens is 1. The van der Waals surface area contributed by atoms with Crippen molar-refractivity contribution in [1.82, 2.24) is 9.29 Å². The van der Waals surface area contributed by atoms with E-state index in [4.69, 9.17) is 18.0 Å². The summed E-state index contributed by atoms with van der Waals surface area (Å²) in [6.45, 7) is 2.21. The van der Waals surface area contributed by atoms with Gasteiger partial charge in [-0.05, 0) is 43.7 Å². The number of pyridine rings is 1. The van der Waals surface area contributed by atoms with Crippen LogP contribution in [0.4, 0.5) is 0 Å². The monoisotopic (exact) mass is 327 g/mol. The van der Waals surface area contributed by atoms with Gasteiger partial charge in [-0.25, -0.2) is 8.42 Å². The van der Waals surface area contributed by atoms with E-state index in [9.17, 15) is 8.42 Å². The van der Waals surface area contributed by atoms with E-state index in [2.05, 4.69) is 11.9 Å². The Morgan fingerprint density at radius 3 is 2.57 bits per heavy atom.